The van der Waals surface area contributed by atoms with Gasteiger partial charge >= 0.3 is 0 Å². The summed E-state index contributed by atoms with van der Waals surface area (Å²) in [5.74, 6) is 0.830. The smallest absolute Gasteiger partial charge is 0.0771 e. The molecule has 0 radical (unpaired) electrons. The van der Waals surface area contributed by atoms with E-state index in [0.717, 1.165) is 38.3 Å². The van der Waals surface area contributed by atoms with Crippen LogP contribution in [0.15, 0.2) is 24.3 Å². The first-order valence-corrected chi connectivity index (χ1v) is 8.16. The predicted molar refractivity (Wildman–Crippen MR) is 84.7 cm³/mol. The molecule has 1 aliphatic carbocycles. The summed E-state index contributed by atoms with van der Waals surface area (Å²) in [7, 11) is 0. The second-order valence-corrected chi connectivity index (χ2v) is 6.35. The molecule has 2 N–H and O–H groups in total. The van der Waals surface area contributed by atoms with E-state index in [2.05, 4.69) is 43.4 Å². The molecule has 0 amide bonds. The van der Waals surface area contributed by atoms with Crippen molar-refractivity contribution in [3.05, 3.63) is 35.4 Å². The zero-order valence-electron chi connectivity index (χ0n) is 13.0. The van der Waals surface area contributed by atoms with Crippen LogP contribution in [0.5, 0.6) is 0 Å². The largest absolute Gasteiger partial charge is 0.389 e. The third kappa shape index (κ3) is 4.32. The lowest BCUT2D eigenvalue weighted by Gasteiger charge is -2.36. The molecular formula is C18H29NO. The minimum Gasteiger partial charge on any atom is -0.389 e. The highest BCUT2D eigenvalue weighted by atomic mass is 16.3. The van der Waals surface area contributed by atoms with E-state index in [1.54, 1.807) is 0 Å². The van der Waals surface area contributed by atoms with Crippen molar-refractivity contribution in [3.8, 4) is 0 Å². The van der Waals surface area contributed by atoms with Crippen LogP contribution in [-0.2, 0) is 13.0 Å². The Labute approximate surface area is 123 Å². The third-order valence-electron chi connectivity index (χ3n) is 4.83. The Hall–Kier alpha value is -0.860. The fourth-order valence-electron chi connectivity index (χ4n) is 3.13. The van der Waals surface area contributed by atoms with Crippen molar-refractivity contribution >= 4 is 0 Å². The first-order valence-electron chi connectivity index (χ1n) is 8.16. The molecule has 0 aliphatic heterocycles. The van der Waals surface area contributed by atoms with E-state index >= 15 is 0 Å². The van der Waals surface area contributed by atoms with Gasteiger partial charge in [-0.25, -0.2) is 0 Å². The maximum atomic E-state index is 10.6. The molecule has 0 heterocycles. The minimum atomic E-state index is -0.477. The monoisotopic (exact) mass is 275 g/mol. The molecule has 1 aromatic carbocycles. The number of aliphatic hydroxyl groups is 1. The van der Waals surface area contributed by atoms with Crippen molar-refractivity contribution < 1.29 is 5.11 Å². The Bertz CT molecular complexity index is 390. The summed E-state index contributed by atoms with van der Waals surface area (Å²) in [6.07, 6.45) is 6.61. The van der Waals surface area contributed by atoms with Crippen LogP contribution in [0.1, 0.15) is 57.1 Å². The highest BCUT2D eigenvalue weighted by Crippen LogP contribution is 2.33. The number of rotatable bonds is 6. The molecule has 0 aromatic heterocycles. The van der Waals surface area contributed by atoms with Crippen LogP contribution in [0.4, 0.5) is 0 Å². The highest BCUT2D eigenvalue weighted by Gasteiger charge is 2.31. The lowest BCUT2D eigenvalue weighted by Crippen LogP contribution is -2.43. The van der Waals surface area contributed by atoms with Gasteiger partial charge in [-0.1, -0.05) is 44.5 Å². The molecule has 0 saturated heterocycles. The zero-order chi connectivity index (χ0) is 14.4. The summed E-state index contributed by atoms with van der Waals surface area (Å²) in [6, 6.07) is 8.75. The predicted octanol–water partition coefficient (Wildman–Crippen LogP) is 3.67. The van der Waals surface area contributed by atoms with E-state index in [9.17, 15) is 5.11 Å². The summed E-state index contributed by atoms with van der Waals surface area (Å²) in [5.41, 5.74) is 2.20. The molecule has 20 heavy (non-hydrogen) atoms. The normalized spacial score (nSPS) is 26.6. The first-order chi connectivity index (χ1) is 9.65. The summed E-state index contributed by atoms with van der Waals surface area (Å²) >= 11 is 0. The van der Waals surface area contributed by atoms with Crippen molar-refractivity contribution in [2.45, 2.75) is 64.5 Å². The SMILES string of the molecule is CCc1ccc(CNCC2(O)CCC(CC)CC2)cc1. The standard InChI is InChI=1S/C18H29NO/c1-3-15-5-7-17(8-6-15)13-19-14-18(20)11-9-16(4-2)10-12-18/h5-8,16,19-20H,3-4,9-14H2,1-2H3. The van der Waals surface area contributed by atoms with Gasteiger partial charge in [0, 0.05) is 13.1 Å². The Balaban J connectivity index is 1.74. The van der Waals surface area contributed by atoms with Gasteiger partial charge in [0.25, 0.3) is 0 Å². The molecule has 2 rings (SSSR count). The number of hydrogen-bond donors (Lipinski definition) is 2. The average Bonchev–Trinajstić information content (AvgIpc) is 2.49. The molecule has 1 aromatic rings. The van der Waals surface area contributed by atoms with Crippen LogP contribution in [0.3, 0.4) is 0 Å². The van der Waals surface area contributed by atoms with Gasteiger partial charge in [-0.15, -0.1) is 0 Å². The molecular weight excluding hydrogens is 246 g/mol. The lowest BCUT2D eigenvalue weighted by atomic mass is 9.78. The number of aryl methyl sites for hydroxylation is 1. The van der Waals surface area contributed by atoms with Crippen LogP contribution < -0.4 is 5.32 Å². The van der Waals surface area contributed by atoms with Crippen LogP contribution in [0, 0.1) is 5.92 Å². The second kappa shape index (κ2) is 7.24. The van der Waals surface area contributed by atoms with Crippen LogP contribution in [0.25, 0.3) is 0 Å². The van der Waals surface area contributed by atoms with Gasteiger partial charge in [-0.3, -0.25) is 0 Å². The fourth-order valence-corrected chi connectivity index (χ4v) is 3.13. The summed E-state index contributed by atoms with van der Waals surface area (Å²) in [5, 5.41) is 14.0. The van der Waals surface area contributed by atoms with Gasteiger partial charge < -0.3 is 10.4 Å². The Morgan fingerprint density at radius 2 is 1.70 bits per heavy atom. The topological polar surface area (TPSA) is 32.3 Å². The third-order valence-corrected chi connectivity index (χ3v) is 4.83. The number of hydrogen-bond acceptors (Lipinski definition) is 2. The Morgan fingerprint density at radius 3 is 2.25 bits per heavy atom. The van der Waals surface area contributed by atoms with E-state index < -0.39 is 5.60 Å². The van der Waals surface area contributed by atoms with Crippen molar-refractivity contribution in [1.29, 1.82) is 0 Å². The summed E-state index contributed by atoms with van der Waals surface area (Å²) in [4.78, 5) is 0. The molecule has 1 saturated carbocycles. The molecule has 0 spiro atoms. The molecule has 1 fully saturated rings. The molecule has 2 nitrogen and oxygen atoms in total. The van der Waals surface area contributed by atoms with Crippen LogP contribution >= 0.6 is 0 Å². The second-order valence-electron chi connectivity index (χ2n) is 6.35. The van der Waals surface area contributed by atoms with E-state index in [1.165, 1.54) is 30.4 Å². The molecule has 1 aliphatic rings. The van der Waals surface area contributed by atoms with Crippen LogP contribution in [-0.4, -0.2) is 17.3 Å². The van der Waals surface area contributed by atoms with Gasteiger partial charge in [-0.2, -0.15) is 0 Å². The first kappa shape index (κ1) is 15.5. The van der Waals surface area contributed by atoms with E-state index in [0.29, 0.717) is 0 Å². The minimum absolute atomic E-state index is 0.477. The average molecular weight is 275 g/mol. The summed E-state index contributed by atoms with van der Waals surface area (Å²) < 4.78 is 0. The van der Waals surface area contributed by atoms with Gasteiger partial charge in [0.1, 0.15) is 0 Å². The molecule has 0 bridgehead atoms. The zero-order valence-corrected chi connectivity index (χ0v) is 13.0. The number of benzene rings is 1. The molecule has 0 unspecified atom stereocenters. The highest BCUT2D eigenvalue weighted by molar-refractivity contribution is 5.22. The van der Waals surface area contributed by atoms with E-state index in [-0.39, 0.29) is 0 Å². The van der Waals surface area contributed by atoms with Crippen molar-refractivity contribution in [3.63, 3.8) is 0 Å². The Kier molecular flexibility index (Phi) is 5.62. The van der Waals surface area contributed by atoms with Crippen molar-refractivity contribution in [2.24, 2.45) is 5.92 Å². The van der Waals surface area contributed by atoms with E-state index in [1.807, 2.05) is 0 Å². The molecule has 112 valence electrons. The maximum Gasteiger partial charge on any atom is 0.0771 e. The summed E-state index contributed by atoms with van der Waals surface area (Å²) in [6.45, 7) is 6.01. The quantitative estimate of drug-likeness (QED) is 0.830. The van der Waals surface area contributed by atoms with Gasteiger partial charge in [0.2, 0.25) is 0 Å². The lowest BCUT2D eigenvalue weighted by molar-refractivity contribution is -0.00881. The van der Waals surface area contributed by atoms with Gasteiger partial charge in [0.05, 0.1) is 5.60 Å². The Morgan fingerprint density at radius 1 is 1.10 bits per heavy atom. The van der Waals surface area contributed by atoms with E-state index in [4.69, 9.17) is 0 Å². The fraction of sp³-hybridized carbons (Fsp3) is 0.667. The van der Waals surface area contributed by atoms with Crippen molar-refractivity contribution in [2.75, 3.05) is 6.54 Å². The number of nitrogens with one attached hydrogen (secondary N) is 1. The van der Waals surface area contributed by atoms with Crippen LogP contribution in [0.2, 0.25) is 0 Å². The maximum absolute atomic E-state index is 10.6. The van der Waals surface area contributed by atoms with Gasteiger partial charge in [0.15, 0.2) is 0 Å². The molecule has 0 atom stereocenters. The molecule has 2 heteroatoms. The van der Waals surface area contributed by atoms with Crippen molar-refractivity contribution in [1.82, 2.24) is 5.32 Å². The van der Waals surface area contributed by atoms with Gasteiger partial charge in [-0.05, 0) is 49.1 Å².